The monoisotopic (exact) mass is 315 g/mol. The third-order valence-electron chi connectivity index (χ3n) is 1.81. The molecule has 1 aromatic heterocycles. The van der Waals surface area contributed by atoms with Crippen molar-refractivity contribution in [1.82, 2.24) is 15.0 Å². The average Bonchev–Trinajstić information content (AvgIpc) is 2.67. The molecule has 6 heteroatoms. The summed E-state index contributed by atoms with van der Waals surface area (Å²) in [6, 6.07) is 7.53. The van der Waals surface area contributed by atoms with Gasteiger partial charge in [-0.2, -0.15) is 0 Å². The Morgan fingerprint density at radius 3 is 2.73 bits per heavy atom. The zero-order valence-electron chi connectivity index (χ0n) is 7.46. The lowest BCUT2D eigenvalue weighted by molar-refractivity contribution is 0.0690. The first-order valence-corrected chi connectivity index (χ1v) is 5.17. The lowest BCUT2D eigenvalue weighted by atomic mass is 10.3. The van der Waals surface area contributed by atoms with Crippen LogP contribution in [-0.2, 0) is 0 Å². The zero-order valence-corrected chi connectivity index (χ0v) is 9.62. The molecular formula is C9H6IN3O2. The van der Waals surface area contributed by atoms with Gasteiger partial charge in [0.05, 0.1) is 11.9 Å². The second kappa shape index (κ2) is 3.97. The van der Waals surface area contributed by atoms with Gasteiger partial charge in [-0.1, -0.05) is 17.3 Å². The van der Waals surface area contributed by atoms with Crippen molar-refractivity contribution in [2.45, 2.75) is 0 Å². The molecule has 15 heavy (non-hydrogen) atoms. The van der Waals surface area contributed by atoms with Crippen LogP contribution in [0.4, 0.5) is 0 Å². The second-order valence-corrected chi connectivity index (χ2v) is 3.97. The first-order valence-electron chi connectivity index (χ1n) is 4.09. The molecule has 0 aliphatic heterocycles. The van der Waals surface area contributed by atoms with Crippen LogP contribution in [0, 0.1) is 3.57 Å². The minimum absolute atomic E-state index is 0.0605. The fourth-order valence-corrected chi connectivity index (χ4v) is 1.75. The number of aromatic carboxylic acids is 1. The molecule has 0 saturated carbocycles. The van der Waals surface area contributed by atoms with Crippen LogP contribution in [0.3, 0.4) is 0 Å². The minimum Gasteiger partial charge on any atom is -0.476 e. The predicted molar refractivity (Wildman–Crippen MR) is 61.0 cm³/mol. The van der Waals surface area contributed by atoms with Crippen LogP contribution >= 0.6 is 22.6 Å². The maximum absolute atomic E-state index is 10.6. The highest BCUT2D eigenvalue weighted by Crippen LogP contribution is 2.15. The third-order valence-corrected chi connectivity index (χ3v) is 2.72. The van der Waals surface area contributed by atoms with Gasteiger partial charge in [-0.25, -0.2) is 9.48 Å². The molecule has 1 heterocycles. The van der Waals surface area contributed by atoms with Crippen LogP contribution in [0.1, 0.15) is 10.5 Å². The third kappa shape index (κ3) is 1.99. The van der Waals surface area contributed by atoms with Crippen molar-refractivity contribution < 1.29 is 9.90 Å². The molecule has 0 fully saturated rings. The molecule has 0 unspecified atom stereocenters. The fourth-order valence-electron chi connectivity index (χ4n) is 1.12. The number of rotatable bonds is 2. The molecule has 0 bridgehead atoms. The average molecular weight is 315 g/mol. The molecule has 0 saturated heterocycles. The molecule has 0 atom stereocenters. The Balaban J connectivity index is 2.46. The molecule has 0 radical (unpaired) electrons. The normalized spacial score (nSPS) is 10.2. The molecule has 2 aromatic rings. The summed E-state index contributed by atoms with van der Waals surface area (Å²) >= 11 is 2.15. The SMILES string of the molecule is O=C(O)c1cn(-c2ccccc2I)nn1. The molecule has 5 nitrogen and oxygen atoms in total. The van der Waals surface area contributed by atoms with Crippen LogP contribution in [0.5, 0.6) is 0 Å². The highest BCUT2D eigenvalue weighted by molar-refractivity contribution is 14.1. The van der Waals surface area contributed by atoms with Gasteiger partial charge in [0.2, 0.25) is 0 Å². The Kier molecular flexibility index (Phi) is 2.67. The van der Waals surface area contributed by atoms with Crippen molar-refractivity contribution in [2.24, 2.45) is 0 Å². The van der Waals surface area contributed by atoms with Gasteiger partial charge >= 0.3 is 5.97 Å². The van der Waals surface area contributed by atoms with E-state index in [1.807, 2.05) is 24.3 Å². The number of carboxylic acids is 1. The van der Waals surface area contributed by atoms with Crippen LogP contribution in [0.2, 0.25) is 0 Å². The number of benzene rings is 1. The molecular weight excluding hydrogens is 309 g/mol. The number of carboxylic acid groups (broad SMARTS) is 1. The van der Waals surface area contributed by atoms with Gasteiger partial charge in [-0.3, -0.25) is 0 Å². The maximum Gasteiger partial charge on any atom is 0.358 e. The van der Waals surface area contributed by atoms with Crippen molar-refractivity contribution in [1.29, 1.82) is 0 Å². The smallest absolute Gasteiger partial charge is 0.358 e. The number of carbonyl (C=O) groups is 1. The van der Waals surface area contributed by atoms with Gasteiger partial charge in [-0.05, 0) is 34.7 Å². The molecule has 0 spiro atoms. The van der Waals surface area contributed by atoms with Gasteiger partial charge in [-0.15, -0.1) is 5.10 Å². The molecule has 1 aromatic carbocycles. The number of aromatic nitrogens is 3. The van der Waals surface area contributed by atoms with E-state index in [4.69, 9.17) is 5.11 Å². The first kappa shape index (κ1) is 10.1. The van der Waals surface area contributed by atoms with Crippen LogP contribution in [0.25, 0.3) is 5.69 Å². The molecule has 76 valence electrons. The van der Waals surface area contributed by atoms with Crippen molar-refractivity contribution in [3.8, 4) is 5.69 Å². The van der Waals surface area contributed by atoms with Gasteiger partial charge in [0.25, 0.3) is 0 Å². The van der Waals surface area contributed by atoms with E-state index in [2.05, 4.69) is 32.9 Å². The topological polar surface area (TPSA) is 68.0 Å². The van der Waals surface area contributed by atoms with Crippen LogP contribution in [0.15, 0.2) is 30.5 Å². The van der Waals surface area contributed by atoms with Crippen molar-refractivity contribution >= 4 is 28.6 Å². The second-order valence-electron chi connectivity index (χ2n) is 2.80. The summed E-state index contributed by atoms with van der Waals surface area (Å²) in [5.74, 6) is -1.08. The van der Waals surface area contributed by atoms with E-state index in [9.17, 15) is 4.79 Å². The fraction of sp³-hybridized carbons (Fsp3) is 0. The van der Waals surface area contributed by atoms with Gasteiger partial charge in [0.15, 0.2) is 5.69 Å². The highest BCUT2D eigenvalue weighted by Gasteiger charge is 2.10. The van der Waals surface area contributed by atoms with Crippen LogP contribution in [-0.4, -0.2) is 26.1 Å². The van der Waals surface area contributed by atoms with Gasteiger partial charge < -0.3 is 5.11 Å². The number of hydrogen-bond acceptors (Lipinski definition) is 3. The summed E-state index contributed by atoms with van der Waals surface area (Å²) in [5, 5.41) is 16.0. The Bertz CT molecular complexity index is 510. The number of hydrogen-bond donors (Lipinski definition) is 1. The molecule has 1 N–H and O–H groups in total. The predicted octanol–water partition coefficient (Wildman–Crippen LogP) is 1.57. The van der Waals surface area contributed by atoms with Crippen molar-refractivity contribution in [2.75, 3.05) is 0 Å². The van der Waals surface area contributed by atoms with E-state index in [0.29, 0.717) is 0 Å². The quantitative estimate of drug-likeness (QED) is 0.854. The van der Waals surface area contributed by atoms with Crippen LogP contribution < -0.4 is 0 Å². The lowest BCUT2D eigenvalue weighted by Gasteiger charge is -2.01. The Labute approximate surface area is 98.9 Å². The maximum atomic E-state index is 10.6. The Hall–Kier alpha value is -1.44. The van der Waals surface area contributed by atoms with E-state index in [0.717, 1.165) is 9.26 Å². The highest BCUT2D eigenvalue weighted by atomic mass is 127. The van der Waals surface area contributed by atoms with E-state index < -0.39 is 5.97 Å². The van der Waals surface area contributed by atoms with E-state index in [1.54, 1.807) is 0 Å². The number of para-hydroxylation sites is 1. The van der Waals surface area contributed by atoms with Crippen molar-refractivity contribution in [3.05, 3.63) is 39.7 Å². The van der Waals surface area contributed by atoms with E-state index >= 15 is 0 Å². The summed E-state index contributed by atoms with van der Waals surface area (Å²) in [4.78, 5) is 10.6. The summed E-state index contributed by atoms with van der Waals surface area (Å²) in [6.45, 7) is 0. The molecule has 0 aliphatic carbocycles. The summed E-state index contributed by atoms with van der Waals surface area (Å²) in [5.41, 5.74) is 0.757. The first-order chi connectivity index (χ1) is 7.18. The number of nitrogens with zero attached hydrogens (tertiary/aromatic N) is 3. The lowest BCUT2D eigenvalue weighted by Crippen LogP contribution is -1.97. The zero-order chi connectivity index (χ0) is 10.8. The summed E-state index contributed by atoms with van der Waals surface area (Å²) < 4.78 is 2.43. The largest absolute Gasteiger partial charge is 0.476 e. The van der Waals surface area contributed by atoms with Crippen molar-refractivity contribution in [3.63, 3.8) is 0 Å². The van der Waals surface area contributed by atoms with E-state index in [1.165, 1.54) is 10.9 Å². The summed E-state index contributed by atoms with van der Waals surface area (Å²) in [6.07, 6.45) is 1.39. The Morgan fingerprint density at radius 1 is 1.40 bits per heavy atom. The van der Waals surface area contributed by atoms with Gasteiger partial charge in [0, 0.05) is 3.57 Å². The number of halogens is 1. The summed E-state index contributed by atoms with van der Waals surface area (Å²) in [7, 11) is 0. The molecule has 2 rings (SSSR count). The minimum atomic E-state index is -1.08. The standard InChI is InChI=1S/C9H6IN3O2/c10-6-3-1-2-4-8(6)13-5-7(9(14)15)11-12-13/h1-5H,(H,14,15). The Morgan fingerprint density at radius 2 is 2.13 bits per heavy atom. The molecule has 0 aliphatic rings. The van der Waals surface area contributed by atoms with E-state index in [-0.39, 0.29) is 5.69 Å². The molecule has 0 amide bonds. The van der Waals surface area contributed by atoms with Gasteiger partial charge in [0.1, 0.15) is 0 Å².